The Morgan fingerprint density at radius 2 is 2.11 bits per heavy atom. The minimum absolute atomic E-state index is 0.328. The zero-order valence-electron chi connectivity index (χ0n) is 11.1. The number of hydrogen-bond donors (Lipinski definition) is 1. The van der Waals surface area contributed by atoms with E-state index < -0.39 is 0 Å². The van der Waals surface area contributed by atoms with E-state index in [1.54, 1.807) is 6.33 Å². The summed E-state index contributed by atoms with van der Waals surface area (Å²) in [7, 11) is 0. The molecule has 102 valence electrons. The maximum atomic E-state index is 6.19. The second kappa shape index (κ2) is 6.68. The van der Waals surface area contributed by atoms with Crippen molar-refractivity contribution in [1.82, 2.24) is 14.8 Å². The summed E-state index contributed by atoms with van der Waals surface area (Å²) in [5.74, 6) is 1.32. The van der Waals surface area contributed by atoms with Gasteiger partial charge in [-0.15, -0.1) is 0 Å². The van der Waals surface area contributed by atoms with E-state index in [1.807, 2.05) is 22.9 Å². The number of nitrogens with zero attached hydrogens (tertiary/aromatic N) is 3. The normalized spacial score (nSPS) is 12.6. The topological polar surface area (TPSA) is 56.7 Å². The fraction of sp³-hybridized carbons (Fsp3) is 0.429. The summed E-state index contributed by atoms with van der Waals surface area (Å²) in [5.41, 5.74) is 7.02. The molecule has 1 atom stereocenters. The van der Waals surface area contributed by atoms with E-state index in [0.717, 1.165) is 35.8 Å². The maximum absolute atomic E-state index is 6.19. The molecule has 0 aliphatic rings. The molecule has 0 bridgehead atoms. The van der Waals surface area contributed by atoms with Gasteiger partial charge in [-0.3, -0.25) is 4.68 Å². The van der Waals surface area contributed by atoms with E-state index in [4.69, 9.17) is 17.3 Å². The zero-order chi connectivity index (χ0) is 13.7. The first-order valence-electron chi connectivity index (χ1n) is 6.54. The van der Waals surface area contributed by atoms with Gasteiger partial charge in [0.25, 0.3) is 0 Å². The molecule has 0 saturated heterocycles. The van der Waals surface area contributed by atoms with Gasteiger partial charge in [0, 0.05) is 18.0 Å². The monoisotopic (exact) mass is 278 g/mol. The van der Waals surface area contributed by atoms with E-state index in [1.165, 1.54) is 0 Å². The highest BCUT2D eigenvalue weighted by molar-refractivity contribution is 6.31. The number of aromatic nitrogens is 3. The van der Waals surface area contributed by atoms with Crippen molar-refractivity contribution in [1.29, 1.82) is 0 Å². The fourth-order valence-corrected chi connectivity index (χ4v) is 2.40. The minimum Gasteiger partial charge on any atom is -0.330 e. The standard InChI is InChI=1S/C14H19ClN4/c1-2-19-14(17-10-18-19)8-11(9-16)7-12-5-3-4-6-13(12)15/h3-6,10-11H,2,7-9,16H2,1H3. The summed E-state index contributed by atoms with van der Waals surface area (Å²) in [6, 6.07) is 7.91. The van der Waals surface area contributed by atoms with Gasteiger partial charge in [0.05, 0.1) is 0 Å². The third kappa shape index (κ3) is 3.55. The summed E-state index contributed by atoms with van der Waals surface area (Å²) in [6.45, 7) is 3.50. The first-order valence-corrected chi connectivity index (χ1v) is 6.92. The van der Waals surface area contributed by atoms with Gasteiger partial charge in [-0.1, -0.05) is 29.8 Å². The van der Waals surface area contributed by atoms with Gasteiger partial charge >= 0.3 is 0 Å². The third-order valence-corrected chi connectivity index (χ3v) is 3.63. The Bertz CT molecular complexity index is 524. The molecule has 2 N–H and O–H groups in total. The van der Waals surface area contributed by atoms with Gasteiger partial charge in [-0.05, 0) is 37.4 Å². The van der Waals surface area contributed by atoms with Gasteiger partial charge in [0.15, 0.2) is 0 Å². The number of halogens is 1. The van der Waals surface area contributed by atoms with Crippen LogP contribution in [0.3, 0.4) is 0 Å². The molecular formula is C14H19ClN4. The van der Waals surface area contributed by atoms with Crippen molar-refractivity contribution in [3.8, 4) is 0 Å². The van der Waals surface area contributed by atoms with Crippen LogP contribution in [0, 0.1) is 5.92 Å². The van der Waals surface area contributed by atoms with Gasteiger partial charge in [0.1, 0.15) is 12.2 Å². The Kier molecular flexibility index (Phi) is 4.93. The van der Waals surface area contributed by atoms with Crippen molar-refractivity contribution in [2.24, 2.45) is 11.7 Å². The lowest BCUT2D eigenvalue weighted by Gasteiger charge is -2.15. The molecule has 1 heterocycles. The summed E-state index contributed by atoms with van der Waals surface area (Å²) in [5, 5.41) is 4.99. The number of rotatable bonds is 6. The van der Waals surface area contributed by atoms with Crippen LogP contribution in [0.15, 0.2) is 30.6 Å². The molecule has 1 unspecified atom stereocenters. The molecule has 2 aromatic rings. The lowest BCUT2D eigenvalue weighted by atomic mass is 9.96. The van der Waals surface area contributed by atoms with Crippen LogP contribution < -0.4 is 5.73 Å². The summed E-state index contributed by atoms with van der Waals surface area (Å²) >= 11 is 6.19. The summed E-state index contributed by atoms with van der Waals surface area (Å²) < 4.78 is 1.91. The Hall–Kier alpha value is -1.39. The molecule has 0 fully saturated rings. The van der Waals surface area contributed by atoms with Crippen molar-refractivity contribution >= 4 is 11.6 Å². The molecule has 19 heavy (non-hydrogen) atoms. The predicted octanol–water partition coefficient (Wildman–Crippen LogP) is 2.31. The SMILES string of the molecule is CCn1ncnc1CC(CN)Cc1ccccc1Cl. The quantitative estimate of drug-likeness (QED) is 0.882. The van der Waals surface area contributed by atoms with Crippen molar-refractivity contribution in [2.45, 2.75) is 26.3 Å². The van der Waals surface area contributed by atoms with Crippen LogP contribution in [0.4, 0.5) is 0 Å². The highest BCUT2D eigenvalue weighted by Gasteiger charge is 2.14. The average molecular weight is 279 g/mol. The highest BCUT2D eigenvalue weighted by atomic mass is 35.5. The number of benzene rings is 1. The molecule has 0 radical (unpaired) electrons. The second-order valence-electron chi connectivity index (χ2n) is 4.59. The Balaban J connectivity index is 2.07. The molecule has 0 spiro atoms. The van der Waals surface area contributed by atoms with Crippen LogP contribution >= 0.6 is 11.6 Å². The van der Waals surface area contributed by atoms with Crippen LogP contribution in [0.2, 0.25) is 5.02 Å². The van der Waals surface area contributed by atoms with E-state index in [9.17, 15) is 0 Å². The van der Waals surface area contributed by atoms with Gasteiger partial charge in [-0.25, -0.2) is 4.98 Å². The molecule has 2 rings (SSSR count). The Labute approximate surface area is 118 Å². The Morgan fingerprint density at radius 3 is 2.79 bits per heavy atom. The van der Waals surface area contributed by atoms with Crippen molar-refractivity contribution in [3.63, 3.8) is 0 Å². The van der Waals surface area contributed by atoms with E-state index in [2.05, 4.69) is 23.1 Å². The van der Waals surface area contributed by atoms with Crippen LogP contribution in [0.1, 0.15) is 18.3 Å². The molecule has 4 nitrogen and oxygen atoms in total. The fourth-order valence-electron chi connectivity index (χ4n) is 2.18. The van der Waals surface area contributed by atoms with Crippen LogP contribution in [0.5, 0.6) is 0 Å². The molecule has 5 heteroatoms. The van der Waals surface area contributed by atoms with Crippen molar-refractivity contribution in [3.05, 3.63) is 47.0 Å². The lowest BCUT2D eigenvalue weighted by molar-refractivity contribution is 0.492. The number of aryl methyl sites for hydroxylation is 1. The largest absolute Gasteiger partial charge is 0.330 e. The molecule has 0 saturated carbocycles. The smallest absolute Gasteiger partial charge is 0.138 e. The average Bonchev–Trinajstić information content (AvgIpc) is 2.87. The summed E-state index contributed by atoms with van der Waals surface area (Å²) in [6.07, 6.45) is 3.30. The second-order valence-corrected chi connectivity index (χ2v) is 5.00. The molecule has 1 aromatic heterocycles. The van der Waals surface area contributed by atoms with Gasteiger partial charge < -0.3 is 5.73 Å². The molecule has 0 aliphatic carbocycles. The lowest BCUT2D eigenvalue weighted by Crippen LogP contribution is -2.21. The Morgan fingerprint density at radius 1 is 1.32 bits per heavy atom. The third-order valence-electron chi connectivity index (χ3n) is 3.27. The molecule has 0 amide bonds. The first kappa shape index (κ1) is 14.0. The predicted molar refractivity (Wildman–Crippen MR) is 77.1 cm³/mol. The molecule has 0 aliphatic heterocycles. The molecular weight excluding hydrogens is 260 g/mol. The van der Waals surface area contributed by atoms with E-state index in [-0.39, 0.29) is 0 Å². The zero-order valence-corrected chi connectivity index (χ0v) is 11.8. The van der Waals surface area contributed by atoms with E-state index >= 15 is 0 Å². The highest BCUT2D eigenvalue weighted by Crippen LogP contribution is 2.20. The van der Waals surface area contributed by atoms with Gasteiger partial charge in [-0.2, -0.15) is 5.10 Å². The first-order chi connectivity index (χ1) is 9.24. The maximum Gasteiger partial charge on any atom is 0.138 e. The van der Waals surface area contributed by atoms with Crippen molar-refractivity contribution in [2.75, 3.05) is 6.54 Å². The van der Waals surface area contributed by atoms with E-state index in [0.29, 0.717) is 12.5 Å². The van der Waals surface area contributed by atoms with Gasteiger partial charge in [0.2, 0.25) is 0 Å². The minimum atomic E-state index is 0.328. The summed E-state index contributed by atoms with van der Waals surface area (Å²) in [4.78, 5) is 4.30. The molecule has 1 aromatic carbocycles. The van der Waals surface area contributed by atoms with Crippen molar-refractivity contribution < 1.29 is 0 Å². The van der Waals surface area contributed by atoms with Crippen LogP contribution in [-0.4, -0.2) is 21.3 Å². The van der Waals surface area contributed by atoms with Crippen LogP contribution in [0.25, 0.3) is 0 Å². The number of nitrogens with two attached hydrogens (primary N) is 1. The van der Waals surface area contributed by atoms with Crippen LogP contribution in [-0.2, 0) is 19.4 Å². The number of hydrogen-bond acceptors (Lipinski definition) is 3.